The summed E-state index contributed by atoms with van der Waals surface area (Å²) in [4.78, 5) is 11.7. The Morgan fingerprint density at radius 2 is 2.00 bits per heavy atom. The molecule has 2 bridgehead atoms. The highest BCUT2D eigenvalue weighted by Crippen LogP contribution is 2.65. The predicted octanol–water partition coefficient (Wildman–Crippen LogP) is 1.97. The highest BCUT2D eigenvalue weighted by molar-refractivity contribution is 5.69. The third kappa shape index (κ3) is 1.55. The normalized spacial score (nSPS) is 39.4. The van der Waals surface area contributed by atoms with Gasteiger partial charge in [0.2, 0.25) is 0 Å². The molecule has 4 heteroatoms. The Bertz CT molecular complexity index is 357. The van der Waals surface area contributed by atoms with Gasteiger partial charge in [-0.25, -0.2) is 0 Å². The van der Waals surface area contributed by atoms with Gasteiger partial charge in [-0.1, -0.05) is 13.8 Å². The lowest BCUT2D eigenvalue weighted by Crippen LogP contribution is -2.49. The summed E-state index contributed by atoms with van der Waals surface area (Å²) in [7, 11) is 1.45. The smallest absolute Gasteiger partial charge is 0.306 e. The van der Waals surface area contributed by atoms with Crippen LogP contribution in [0.25, 0.3) is 0 Å². The van der Waals surface area contributed by atoms with Gasteiger partial charge in [0, 0.05) is 11.8 Å². The van der Waals surface area contributed by atoms with Crippen LogP contribution in [0.5, 0.6) is 0 Å². The molecule has 4 nitrogen and oxygen atoms in total. The van der Waals surface area contributed by atoms with Crippen molar-refractivity contribution in [2.45, 2.75) is 38.9 Å². The van der Waals surface area contributed by atoms with Gasteiger partial charge in [-0.3, -0.25) is 4.79 Å². The van der Waals surface area contributed by atoms with Crippen molar-refractivity contribution < 1.29 is 19.0 Å². The second-order valence-electron chi connectivity index (χ2n) is 6.54. The first-order valence-electron chi connectivity index (χ1n) is 6.84. The zero-order valence-electron chi connectivity index (χ0n) is 11.4. The molecule has 3 fully saturated rings. The van der Waals surface area contributed by atoms with Gasteiger partial charge in [-0.05, 0) is 24.2 Å². The Kier molecular flexibility index (Phi) is 2.72. The molecular weight excluding hydrogens is 232 g/mol. The second kappa shape index (κ2) is 3.94. The Labute approximate surface area is 108 Å². The van der Waals surface area contributed by atoms with E-state index in [0.29, 0.717) is 31.5 Å². The Morgan fingerprint density at radius 3 is 2.61 bits per heavy atom. The number of hydrogen-bond acceptors (Lipinski definition) is 4. The molecule has 18 heavy (non-hydrogen) atoms. The summed E-state index contributed by atoms with van der Waals surface area (Å²) in [5, 5.41) is 0. The van der Waals surface area contributed by atoms with Crippen molar-refractivity contribution in [2.75, 3.05) is 20.3 Å². The fourth-order valence-electron chi connectivity index (χ4n) is 4.54. The van der Waals surface area contributed by atoms with Crippen LogP contribution in [0.2, 0.25) is 0 Å². The standard InChI is InChI=1S/C14H22O4/c1-13(2)8-9-6-10(13)11(7-12(15)16-3)14(9)17-4-5-18-14/h9-11H,4-8H2,1-3H3. The van der Waals surface area contributed by atoms with E-state index in [1.165, 1.54) is 7.11 Å². The van der Waals surface area contributed by atoms with Crippen molar-refractivity contribution in [1.82, 2.24) is 0 Å². The van der Waals surface area contributed by atoms with E-state index in [2.05, 4.69) is 13.8 Å². The maximum absolute atomic E-state index is 11.7. The van der Waals surface area contributed by atoms with Gasteiger partial charge in [0.05, 0.1) is 26.7 Å². The number of carbonyl (C=O) groups is 1. The molecule has 0 aromatic carbocycles. The molecule has 3 aliphatic rings. The van der Waals surface area contributed by atoms with Crippen molar-refractivity contribution in [3.63, 3.8) is 0 Å². The van der Waals surface area contributed by atoms with Crippen LogP contribution in [0.15, 0.2) is 0 Å². The van der Waals surface area contributed by atoms with Gasteiger partial charge in [0.15, 0.2) is 5.79 Å². The quantitative estimate of drug-likeness (QED) is 0.707. The molecule has 102 valence electrons. The van der Waals surface area contributed by atoms with Crippen molar-refractivity contribution in [1.29, 1.82) is 0 Å². The lowest BCUT2D eigenvalue weighted by Gasteiger charge is -2.45. The maximum atomic E-state index is 11.7. The minimum absolute atomic E-state index is 0.151. The topological polar surface area (TPSA) is 44.8 Å². The minimum Gasteiger partial charge on any atom is -0.469 e. The van der Waals surface area contributed by atoms with Gasteiger partial charge in [0.1, 0.15) is 0 Å². The summed E-state index contributed by atoms with van der Waals surface area (Å²) < 4.78 is 16.8. The van der Waals surface area contributed by atoms with E-state index >= 15 is 0 Å². The highest BCUT2D eigenvalue weighted by Gasteiger charge is 2.67. The number of carbonyl (C=O) groups excluding carboxylic acids is 1. The van der Waals surface area contributed by atoms with Crippen LogP contribution in [0.1, 0.15) is 33.1 Å². The Morgan fingerprint density at radius 1 is 1.33 bits per heavy atom. The fourth-order valence-corrected chi connectivity index (χ4v) is 4.54. The largest absolute Gasteiger partial charge is 0.469 e. The van der Waals surface area contributed by atoms with Crippen LogP contribution in [-0.4, -0.2) is 32.1 Å². The average molecular weight is 254 g/mol. The van der Waals surface area contributed by atoms with Crippen LogP contribution in [0, 0.1) is 23.2 Å². The van der Waals surface area contributed by atoms with Crippen LogP contribution in [-0.2, 0) is 19.0 Å². The summed E-state index contributed by atoms with van der Waals surface area (Å²) in [5.74, 6) is 0.450. The maximum Gasteiger partial charge on any atom is 0.306 e. The summed E-state index contributed by atoms with van der Waals surface area (Å²) in [6.07, 6.45) is 2.67. The zero-order valence-corrected chi connectivity index (χ0v) is 11.4. The van der Waals surface area contributed by atoms with Crippen LogP contribution in [0.3, 0.4) is 0 Å². The number of esters is 1. The van der Waals surface area contributed by atoms with E-state index in [1.807, 2.05) is 0 Å². The van der Waals surface area contributed by atoms with Crippen molar-refractivity contribution in [3.8, 4) is 0 Å². The highest BCUT2D eigenvalue weighted by atomic mass is 16.7. The van der Waals surface area contributed by atoms with Crippen LogP contribution >= 0.6 is 0 Å². The lowest BCUT2D eigenvalue weighted by atomic mass is 9.67. The van der Waals surface area contributed by atoms with E-state index < -0.39 is 5.79 Å². The molecule has 0 aromatic heterocycles. The summed E-state index contributed by atoms with van der Waals surface area (Å²) in [5.41, 5.74) is 0.282. The summed E-state index contributed by atoms with van der Waals surface area (Å²) in [6.45, 7) is 5.90. The summed E-state index contributed by atoms with van der Waals surface area (Å²) in [6, 6.07) is 0. The van der Waals surface area contributed by atoms with Gasteiger partial charge < -0.3 is 14.2 Å². The first-order chi connectivity index (χ1) is 8.49. The number of hydrogen-bond donors (Lipinski definition) is 0. The number of rotatable bonds is 2. The number of methoxy groups -OCH3 is 1. The van der Waals surface area contributed by atoms with Gasteiger partial charge in [-0.2, -0.15) is 0 Å². The molecule has 0 N–H and O–H groups in total. The van der Waals surface area contributed by atoms with Crippen LogP contribution in [0.4, 0.5) is 0 Å². The monoisotopic (exact) mass is 254 g/mol. The van der Waals surface area contributed by atoms with Crippen molar-refractivity contribution >= 4 is 5.97 Å². The molecule has 1 spiro atoms. The summed E-state index contributed by atoms with van der Waals surface area (Å²) >= 11 is 0. The van der Waals surface area contributed by atoms with E-state index in [0.717, 1.165) is 12.8 Å². The van der Waals surface area contributed by atoms with E-state index in [-0.39, 0.29) is 17.3 Å². The van der Waals surface area contributed by atoms with Crippen LogP contribution < -0.4 is 0 Å². The molecule has 1 saturated heterocycles. The molecule has 1 heterocycles. The van der Waals surface area contributed by atoms with E-state index in [9.17, 15) is 4.79 Å². The number of ether oxygens (including phenoxy) is 3. The first-order valence-corrected chi connectivity index (χ1v) is 6.84. The number of fused-ring (bicyclic) bond motifs is 3. The molecule has 0 radical (unpaired) electrons. The molecule has 2 aliphatic carbocycles. The fraction of sp³-hybridized carbons (Fsp3) is 0.929. The molecule has 1 aliphatic heterocycles. The van der Waals surface area contributed by atoms with Crippen molar-refractivity contribution in [3.05, 3.63) is 0 Å². The molecule has 3 atom stereocenters. The molecule has 2 saturated carbocycles. The van der Waals surface area contributed by atoms with Gasteiger partial charge >= 0.3 is 5.97 Å². The Hall–Kier alpha value is -0.610. The molecular formula is C14H22O4. The molecule has 3 unspecified atom stereocenters. The van der Waals surface area contributed by atoms with Gasteiger partial charge in [-0.15, -0.1) is 0 Å². The lowest BCUT2D eigenvalue weighted by molar-refractivity contribution is -0.237. The minimum atomic E-state index is -0.492. The second-order valence-corrected chi connectivity index (χ2v) is 6.54. The SMILES string of the molecule is COC(=O)CC1C2CC(CC2(C)C)C12OCCO2. The third-order valence-corrected chi connectivity index (χ3v) is 5.24. The average Bonchev–Trinajstić information content (AvgIpc) is 2.97. The Balaban J connectivity index is 1.88. The first kappa shape index (κ1) is 12.4. The molecule has 0 amide bonds. The van der Waals surface area contributed by atoms with E-state index in [1.54, 1.807) is 0 Å². The molecule has 3 rings (SSSR count). The van der Waals surface area contributed by atoms with Crippen molar-refractivity contribution in [2.24, 2.45) is 23.2 Å². The predicted molar refractivity (Wildman–Crippen MR) is 64.8 cm³/mol. The van der Waals surface area contributed by atoms with E-state index in [4.69, 9.17) is 14.2 Å². The van der Waals surface area contributed by atoms with Gasteiger partial charge in [0.25, 0.3) is 0 Å². The zero-order chi connectivity index (χ0) is 13.0. The third-order valence-electron chi connectivity index (χ3n) is 5.24. The molecule has 0 aromatic rings.